The van der Waals surface area contributed by atoms with E-state index in [-0.39, 0.29) is 12.5 Å². The third-order valence-corrected chi connectivity index (χ3v) is 5.64. The Morgan fingerprint density at radius 3 is 3.10 bits per heavy atom. The van der Waals surface area contributed by atoms with Crippen molar-refractivity contribution in [1.82, 2.24) is 19.9 Å². The van der Waals surface area contributed by atoms with Gasteiger partial charge in [-0.15, -0.1) is 0 Å². The predicted molar refractivity (Wildman–Crippen MR) is 108 cm³/mol. The molecular weight excluding hydrogens is 372 g/mol. The van der Waals surface area contributed by atoms with Crippen LogP contribution in [0.15, 0.2) is 30.7 Å². The van der Waals surface area contributed by atoms with Crippen molar-refractivity contribution in [2.75, 3.05) is 42.7 Å². The van der Waals surface area contributed by atoms with Gasteiger partial charge < -0.3 is 24.6 Å². The van der Waals surface area contributed by atoms with Crippen LogP contribution in [0.4, 0.5) is 11.5 Å². The maximum atomic E-state index is 13.3. The average molecular weight is 394 g/mol. The highest BCUT2D eigenvalue weighted by atomic mass is 16.5. The molecule has 0 radical (unpaired) electrons. The molecule has 1 fully saturated rings. The normalized spacial score (nSPS) is 21.4. The van der Waals surface area contributed by atoms with E-state index in [0.29, 0.717) is 50.1 Å². The zero-order valence-electron chi connectivity index (χ0n) is 16.1. The molecular formula is C20H22N6O3. The number of rotatable bonds is 4. The maximum absolute atomic E-state index is 13.3. The Bertz CT molecular complexity index is 1080. The molecule has 3 aromatic heterocycles. The minimum absolute atomic E-state index is 0.0112. The molecule has 2 aliphatic rings. The van der Waals surface area contributed by atoms with Crippen LogP contribution < -0.4 is 9.80 Å². The maximum Gasteiger partial charge on any atom is 0.255 e. The number of pyridine rings is 1. The highest BCUT2D eigenvalue weighted by Crippen LogP contribution is 2.41. The van der Waals surface area contributed by atoms with Gasteiger partial charge in [0.25, 0.3) is 5.91 Å². The number of carbonyl (C=O) groups is 1. The highest BCUT2D eigenvalue weighted by molar-refractivity contribution is 6.07. The average Bonchev–Trinajstić information content (AvgIpc) is 3.21. The van der Waals surface area contributed by atoms with Gasteiger partial charge in [0, 0.05) is 43.0 Å². The van der Waals surface area contributed by atoms with Crippen molar-refractivity contribution < 1.29 is 14.6 Å². The zero-order chi connectivity index (χ0) is 20.0. The number of H-pyrrole nitrogens is 1. The largest absolute Gasteiger partial charge is 0.396 e. The monoisotopic (exact) mass is 394 g/mol. The van der Waals surface area contributed by atoms with E-state index in [1.54, 1.807) is 17.3 Å². The van der Waals surface area contributed by atoms with E-state index in [1.165, 1.54) is 0 Å². The minimum Gasteiger partial charge on any atom is -0.396 e. The van der Waals surface area contributed by atoms with Crippen LogP contribution in [0.1, 0.15) is 13.3 Å². The molecule has 1 atom stereocenters. The SMILES string of the molecule is C[C@@]12COCCN1c1nc(-c3cnc4[nH]ccc4c3)ncc1N(CCCO)C2=O. The van der Waals surface area contributed by atoms with Crippen LogP contribution in [0, 0.1) is 0 Å². The van der Waals surface area contributed by atoms with Crippen LogP contribution in [0.3, 0.4) is 0 Å². The van der Waals surface area contributed by atoms with Crippen molar-refractivity contribution in [2.24, 2.45) is 0 Å². The lowest BCUT2D eigenvalue weighted by Gasteiger charge is -2.50. The predicted octanol–water partition coefficient (Wildman–Crippen LogP) is 1.34. The number of ether oxygens (including phenoxy) is 1. The first-order valence-electron chi connectivity index (χ1n) is 9.70. The van der Waals surface area contributed by atoms with Crippen LogP contribution in [-0.4, -0.2) is 69.4 Å². The van der Waals surface area contributed by atoms with Gasteiger partial charge >= 0.3 is 0 Å². The summed E-state index contributed by atoms with van der Waals surface area (Å²) in [7, 11) is 0. The molecule has 0 bridgehead atoms. The summed E-state index contributed by atoms with van der Waals surface area (Å²) < 4.78 is 5.64. The van der Waals surface area contributed by atoms with Crippen molar-refractivity contribution in [3.8, 4) is 11.4 Å². The van der Waals surface area contributed by atoms with E-state index in [0.717, 1.165) is 16.6 Å². The molecule has 0 unspecified atom stereocenters. The minimum atomic E-state index is -0.824. The Morgan fingerprint density at radius 2 is 2.24 bits per heavy atom. The third kappa shape index (κ3) is 2.77. The lowest BCUT2D eigenvalue weighted by molar-refractivity contribution is -0.127. The van der Waals surface area contributed by atoms with Crippen LogP contribution >= 0.6 is 0 Å². The Labute approximate surface area is 167 Å². The van der Waals surface area contributed by atoms with E-state index in [9.17, 15) is 9.90 Å². The fourth-order valence-corrected chi connectivity index (χ4v) is 4.08. The number of carbonyl (C=O) groups excluding carboxylic acids is 1. The Morgan fingerprint density at radius 1 is 1.34 bits per heavy atom. The number of fused-ring (bicyclic) bond motifs is 4. The first-order valence-corrected chi connectivity index (χ1v) is 9.70. The quantitative estimate of drug-likeness (QED) is 0.688. The number of amides is 1. The van der Waals surface area contributed by atoms with Gasteiger partial charge in [-0.2, -0.15) is 0 Å². The Kier molecular flexibility index (Phi) is 4.21. The summed E-state index contributed by atoms with van der Waals surface area (Å²) in [6.45, 7) is 3.72. The molecule has 2 aliphatic heterocycles. The van der Waals surface area contributed by atoms with Gasteiger partial charge in [-0.05, 0) is 25.5 Å². The Balaban J connectivity index is 1.63. The number of anilines is 2. The number of nitrogens with one attached hydrogen (secondary N) is 1. The number of hydrogen-bond acceptors (Lipinski definition) is 7. The number of nitrogens with zero attached hydrogens (tertiary/aromatic N) is 5. The second-order valence-electron chi connectivity index (χ2n) is 7.55. The second-order valence-corrected chi connectivity index (χ2v) is 7.55. The summed E-state index contributed by atoms with van der Waals surface area (Å²) in [5, 5.41) is 10.3. The molecule has 3 aromatic rings. The van der Waals surface area contributed by atoms with Crippen LogP contribution in [0.2, 0.25) is 0 Å². The summed E-state index contributed by atoms with van der Waals surface area (Å²) >= 11 is 0. The number of aromatic amines is 1. The molecule has 2 N–H and O–H groups in total. The smallest absolute Gasteiger partial charge is 0.255 e. The molecule has 9 heteroatoms. The number of aliphatic hydroxyl groups excluding tert-OH is 1. The van der Waals surface area contributed by atoms with Crippen molar-refractivity contribution in [1.29, 1.82) is 0 Å². The van der Waals surface area contributed by atoms with E-state index in [4.69, 9.17) is 9.72 Å². The summed E-state index contributed by atoms with van der Waals surface area (Å²) in [6, 6.07) is 3.95. The van der Waals surface area contributed by atoms with Crippen LogP contribution in [-0.2, 0) is 9.53 Å². The van der Waals surface area contributed by atoms with Crippen molar-refractivity contribution in [2.45, 2.75) is 18.9 Å². The lowest BCUT2D eigenvalue weighted by Crippen LogP contribution is -2.67. The molecule has 1 amide bonds. The number of hydrogen-bond donors (Lipinski definition) is 2. The molecule has 9 nitrogen and oxygen atoms in total. The fourth-order valence-electron chi connectivity index (χ4n) is 4.08. The van der Waals surface area contributed by atoms with Crippen LogP contribution in [0.5, 0.6) is 0 Å². The lowest BCUT2D eigenvalue weighted by atomic mass is 9.93. The summed E-state index contributed by atoms with van der Waals surface area (Å²) in [5.41, 5.74) is 1.47. The molecule has 0 saturated carbocycles. The van der Waals surface area contributed by atoms with Gasteiger partial charge in [0.05, 0.1) is 19.4 Å². The summed E-state index contributed by atoms with van der Waals surface area (Å²) in [4.78, 5) is 33.9. The molecule has 0 aromatic carbocycles. The van der Waals surface area contributed by atoms with Gasteiger partial charge in [-0.1, -0.05) is 0 Å². The first-order chi connectivity index (χ1) is 14.1. The third-order valence-electron chi connectivity index (χ3n) is 5.64. The molecule has 150 valence electrons. The number of aromatic nitrogens is 4. The van der Waals surface area contributed by atoms with E-state index >= 15 is 0 Å². The molecule has 5 rings (SSSR count). The van der Waals surface area contributed by atoms with Gasteiger partial charge in [0.1, 0.15) is 16.9 Å². The molecule has 1 saturated heterocycles. The standard InChI is InChI=1S/C20H22N6O3/c1-20-12-29-8-6-26(20)18-15(25(19(20)28)5-2-7-27)11-23-17(24-18)14-9-13-3-4-21-16(13)22-10-14/h3-4,9-11,27H,2,5-8,12H2,1H3,(H,21,22)/t20-/m0/s1. The van der Waals surface area contributed by atoms with E-state index in [2.05, 4.69) is 15.0 Å². The van der Waals surface area contributed by atoms with Gasteiger partial charge in [-0.25, -0.2) is 15.0 Å². The van der Waals surface area contributed by atoms with Crippen molar-refractivity contribution >= 4 is 28.4 Å². The van der Waals surface area contributed by atoms with E-state index < -0.39 is 5.54 Å². The van der Waals surface area contributed by atoms with Crippen LogP contribution in [0.25, 0.3) is 22.4 Å². The molecule has 0 spiro atoms. The molecule has 5 heterocycles. The second kappa shape index (κ2) is 6.78. The number of aliphatic hydroxyl groups is 1. The summed E-state index contributed by atoms with van der Waals surface area (Å²) in [6.07, 6.45) is 5.77. The zero-order valence-corrected chi connectivity index (χ0v) is 16.1. The van der Waals surface area contributed by atoms with Gasteiger partial charge in [0.2, 0.25) is 0 Å². The number of morpholine rings is 1. The topological polar surface area (TPSA) is 107 Å². The van der Waals surface area contributed by atoms with Crippen molar-refractivity contribution in [3.63, 3.8) is 0 Å². The van der Waals surface area contributed by atoms with E-state index in [1.807, 2.05) is 30.2 Å². The molecule has 29 heavy (non-hydrogen) atoms. The highest BCUT2D eigenvalue weighted by Gasteiger charge is 2.50. The van der Waals surface area contributed by atoms with Gasteiger partial charge in [-0.3, -0.25) is 4.79 Å². The van der Waals surface area contributed by atoms with Gasteiger partial charge in [0.15, 0.2) is 11.6 Å². The fraction of sp³-hybridized carbons (Fsp3) is 0.400. The first kappa shape index (κ1) is 18.0. The Hall–Kier alpha value is -3.04. The summed E-state index contributed by atoms with van der Waals surface area (Å²) in [5.74, 6) is 1.22. The van der Waals surface area contributed by atoms with Crippen molar-refractivity contribution in [3.05, 3.63) is 30.7 Å². The molecule has 0 aliphatic carbocycles.